The number of anilines is 1. The molecule has 0 saturated carbocycles. The molecule has 0 radical (unpaired) electrons. The third-order valence-corrected chi connectivity index (χ3v) is 6.59. The molecule has 8 nitrogen and oxygen atoms in total. The Hall–Kier alpha value is -2.56. The van der Waals surface area contributed by atoms with Crippen molar-refractivity contribution in [1.82, 2.24) is 19.2 Å². The van der Waals surface area contributed by atoms with Gasteiger partial charge in [-0.15, -0.1) is 9.19 Å². The number of halogens is 1. The SMILES string of the molecule is Cc1nc2ccc(S(=O)(=O)n3nc(SCc4ccc(Cl)cc4)nc3N)cc2o1. The average Bonchev–Trinajstić information content (AvgIpc) is 3.22. The van der Waals surface area contributed by atoms with Crippen LogP contribution in [0.4, 0.5) is 5.95 Å². The zero-order valence-electron chi connectivity index (χ0n) is 14.5. The fourth-order valence-corrected chi connectivity index (χ4v) is 4.67. The second-order valence-corrected chi connectivity index (χ2v) is 9.02. The predicted octanol–water partition coefficient (Wildman–Crippen LogP) is 3.49. The van der Waals surface area contributed by atoms with Gasteiger partial charge in [0.25, 0.3) is 10.0 Å². The minimum absolute atomic E-state index is 0.0120. The van der Waals surface area contributed by atoms with Crippen LogP contribution in [0.3, 0.4) is 0 Å². The maximum absolute atomic E-state index is 12.9. The highest BCUT2D eigenvalue weighted by molar-refractivity contribution is 7.98. The molecule has 11 heteroatoms. The highest BCUT2D eigenvalue weighted by atomic mass is 35.5. The molecule has 2 aromatic heterocycles. The average molecular weight is 436 g/mol. The van der Waals surface area contributed by atoms with Gasteiger partial charge in [0.05, 0.1) is 4.90 Å². The maximum Gasteiger partial charge on any atom is 0.286 e. The molecule has 0 spiro atoms. The van der Waals surface area contributed by atoms with E-state index in [4.69, 9.17) is 21.8 Å². The second-order valence-electron chi connectivity index (χ2n) is 5.88. The number of nitrogens with zero attached hydrogens (tertiary/aromatic N) is 4. The number of benzene rings is 2. The van der Waals surface area contributed by atoms with E-state index in [-0.39, 0.29) is 16.0 Å². The van der Waals surface area contributed by atoms with Crippen LogP contribution in [0.15, 0.2) is 56.9 Å². The van der Waals surface area contributed by atoms with E-state index in [0.717, 1.165) is 9.65 Å². The van der Waals surface area contributed by atoms with Crippen molar-refractivity contribution in [2.45, 2.75) is 22.7 Å². The van der Waals surface area contributed by atoms with E-state index >= 15 is 0 Å². The molecule has 2 N–H and O–H groups in total. The Morgan fingerprint density at radius 1 is 1.18 bits per heavy atom. The third kappa shape index (κ3) is 3.58. The Morgan fingerprint density at radius 3 is 2.68 bits per heavy atom. The van der Waals surface area contributed by atoms with Crippen LogP contribution < -0.4 is 5.73 Å². The van der Waals surface area contributed by atoms with Gasteiger partial charge in [-0.05, 0) is 29.8 Å². The molecule has 0 fully saturated rings. The van der Waals surface area contributed by atoms with E-state index in [1.54, 1.807) is 25.1 Å². The van der Waals surface area contributed by atoms with Gasteiger partial charge >= 0.3 is 0 Å². The summed E-state index contributed by atoms with van der Waals surface area (Å²) in [4.78, 5) is 8.20. The van der Waals surface area contributed by atoms with Crippen LogP contribution in [0.25, 0.3) is 11.1 Å². The maximum atomic E-state index is 12.9. The first kappa shape index (κ1) is 18.8. The van der Waals surface area contributed by atoms with Crippen LogP contribution in [0.1, 0.15) is 11.5 Å². The quantitative estimate of drug-likeness (QED) is 0.473. The lowest BCUT2D eigenvalue weighted by Gasteiger charge is -2.04. The molecular formula is C17H14ClN5O3S2. The fourth-order valence-electron chi connectivity index (χ4n) is 2.54. The smallest absolute Gasteiger partial charge is 0.286 e. The first-order chi connectivity index (χ1) is 13.3. The topological polar surface area (TPSA) is 117 Å². The number of thioether (sulfide) groups is 1. The number of hydrogen-bond donors (Lipinski definition) is 1. The number of aromatic nitrogens is 4. The molecule has 0 unspecified atom stereocenters. The number of fused-ring (bicyclic) bond motifs is 1. The van der Waals surface area contributed by atoms with Gasteiger partial charge < -0.3 is 10.2 Å². The minimum Gasteiger partial charge on any atom is -0.441 e. The number of aryl methyl sites for hydroxylation is 1. The highest BCUT2D eigenvalue weighted by Crippen LogP contribution is 2.25. The number of oxazole rings is 1. The van der Waals surface area contributed by atoms with Crippen molar-refractivity contribution in [2.24, 2.45) is 0 Å². The van der Waals surface area contributed by atoms with Gasteiger partial charge in [0.2, 0.25) is 11.1 Å². The highest BCUT2D eigenvalue weighted by Gasteiger charge is 2.24. The molecule has 0 atom stereocenters. The van der Waals surface area contributed by atoms with E-state index in [9.17, 15) is 8.42 Å². The van der Waals surface area contributed by atoms with Gasteiger partial charge in [-0.3, -0.25) is 0 Å². The van der Waals surface area contributed by atoms with Crippen LogP contribution in [-0.2, 0) is 15.8 Å². The third-order valence-electron chi connectivity index (χ3n) is 3.86. The van der Waals surface area contributed by atoms with Crippen molar-refractivity contribution < 1.29 is 12.8 Å². The summed E-state index contributed by atoms with van der Waals surface area (Å²) in [5.41, 5.74) is 7.75. The molecule has 28 heavy (non-hydrogen) atoms. The standard InChI is InChI=1S/C17H14ClN5O3S2/c1-10-20-14-7-6-13(8-15(14)26-10)28(24,25)23-16(19)21-17(22-23)27-9-11-2-4-12(18)5-3-11/h2-8H,9H2,1H3,(H2,19,21,22). The lowest BCUT2D eigenvalue weighted by Crippen LogP contribution is -2.17. The molecule has 4 aromatic rings. The number of nitrogens with two attached hydrogens (primary N) is 1. The van der Waals surface area contributed by atoms with Crippen LogP contribution >= 0.6 is 23.4 Å². The monoisotopic (exact) mass is 435 g/mol. The first-order valence-corrected chi connectivity index (χ1v) is 10.9. The number of nitrogen functional groups attached to an aromatic ring is 1. The fraction of sp³-hybridized carbons (Fsp3) is 0.118. The predicted molar refractivity (Wildman–Crippen MR) is 107 cm³/mol. The molecule has 4 rings (SSSR count). The summed E-state index contributed by atoms with van der Waals surface area (Å²) < 4.78 is 32.0. The van der Waals surface area contributed by atoms with E-state index in [0.29, 0.717) is 27.8 Å². The van der Waals surface area contributed by atoms with E-state index < -0.39 is 10.0 Å². The van der Waals surface area contributed by atoms with Gasteiger partial charge in [-0.25, -0.2) is 4.98 Å². The van der Waals surface area contributed by atoms with Gasteiger partial charge in [0.15, 0.2) is 11.5 Å². The van der Waals surface area contributed by atoms with E-state index in [2.05, 4.69) is 15.1 Å². The van der Waals surface area contributed by atoms with Gasteiger partial charge in [0, 0.05) is 23.8 Å². The summed E-state index contributed by atoms with van der Waals surface area (Å²) >= 11 is 7.14. The molecule has 0 bridgehead atoms. The Labute approximate surface area is 169 Å². The molecule has 0 aliphatic rings. The molecule has 2 heterocycles. The van der Waals surface area contributed by atoms with Gasteiger partial charge in [-0.1, -0.05) is 35.5 Å². The molecular weight excluding hydrogens is 422 g/mol. The lowest BCUT2D eigenvalue weighted by molar-refractivity contribution is 0.558. The second kappa shape index (κ2) is 7.12. The number of hydrogen-bond acceptors (Lipinski definition) is 8. The van der Waals surface area contributed by atoms with Crippen molar-refractivity contribution in [2.75, 3.05) is 5.73 Å². The Balaban J connectivity index is 1.61. The van der Waals surface area contributed by atoms with Crippen molar-refractivity contribution in [3.8, 4) is 0 Å². The van der Waals surface area contributed by atoms with Crippen LogP contribution in [0.2, 0.25) is 5.02 Å². The van der Waals surface area contributed by atoms with Crippen LogP contribution in [0.5, 0.6) is 0 Å². The Bertz CT molecular complexity index is 1270. The zero-order chi connectivity index (χ0) is 19.9. The molecule has 0 aliphatic carbocycles. The van der Waals surface area contributed by atoms with E-state index in [1.807, 2.05) is 12.1 Å². The van der Waals surface area contributed by atoms with Crippen molar-refractivity contribution in [1.29, 1.82) is 0 Å². The molecule has 0 amide bonds. The summed E-state index contributed by atoms with van der Waals surface area (Å²) in [7, 11) is -4.02. The normalized spacial score (nSPS) is 11.9. The first-order valence-electron chi connectivity index (χ1n) is 8.05. The van der Waals surface area contributed by atoms with Gasteiger partial charge in [-0.2, -0.15) is 13.4 Å². The van der Waals surface area contributed by atoms with Crippen molar-refractivity contribution in [3.05, 3.63) is 58.9 Å². The Kier molecular flexibility index (Phi) is 4.77. The molecule has 2 aromatic carbocycles. The summed E-state index contributed by atoms with van der Waals surface area (Å²) in [6, 6.07) is 11.7. The van der Waals surface area contributed by atoms with Crippen LogP contribution in [-0.4, -0.2) is 27.6 Å². The summed E-state index contributed by atoms with van der Waals surface area (Å²) in [6.07, 6.45) is 0. The summed E-state index contributed by atoms with van der Waals surface area (Å²) in [5.74, 6) is 0.780. The van der Waals surface area contributed by atoms with Crippen LogP contribution in [0, 0.1) is 6.92 Å². The lowest BCUT2D eigenvalue weighted by atomic mass is 10.2. The molecule has 0 saturated heterocycles. The van der Waals surface area contributed by atoms with Crippen molar-refractivity contribution in [3.63, 3.8) is 0 Å². The van der Waals surface area contributed by atoms with E-state index in [1.165, 1.54) is 23.9 Å². The molecule has 144 valence electrons. The van der Waals surface area contributed by atoms with Gasteiger partial charge in [0.1, 0.15) is 5.52 Å². The zero-order valence-corrected chi connectivity index (χ0v) is 16.9. The van der Waals surface area contributed by atoms with Crippen molar-refractivity contribution >= 4 is 50.4 Å². The largest absolute Gasteiger partial charge is 0.441 e. The minimum atomic E-state index is -4.02. The number of rotatable bonds is 5. The Morgan fingerprint density at radius 2 is 1.93 bits per heavy atom. The summed E-state index contributed by atoms with van der Waals surface area (Å²) in [6.45, 7) is 1.69. The molecule has 0 aliphatic heterocycles. The summed E-state index contributed by atoms with van der Waals surface area (Å²) in [5, 5.41) is 4.96.